The summed E-state index contributed by atoms with van der Waals surface area (Å²) in [6, 6.07) is 5.33. The highest BCUT2D eigenvalue weighted by Crippen LogP contribution is 2.18. The van der Waals surface area contributed by atoms with Crippen molar-refractivity contribution in [3.05, 3.63) is 29.3 Å². The number of likely N-dealkylation sites (tertiary alicyclic amines) is 1. The lowest BCUT2D eigenvalue weighted by Crippen LogP contribution is -2.37. The number of nitrogens with one attached hydrogen (secondary N) is 1. The van der Waals surface area contributed by atoms with Gasteiger partial charge in [0.15, 0.2) is 0 Å². The molecule has 0 aromatic heterocycles. The number of amides is 2. The molecule has 5 heteroatoms. The average Bonchev–Trinajstić information content (AvgIpc) is 2.45. The normalized spacial score (nSPS) is 15.8. The Kier molecular flexibility index (Phi) is 5.81. The number of primary amides is 1. The molecule has 5 nitrogen and oxygen atoms in total. The van der Waals surface area contributed by atoms with Crippen LogP contribution in [0.1, 0.15) is 48.0 Å². The molecule has 0 radical (unpaired) electrons. The fourth-order valence-corrected chi connectivity index (χ4v) is 2.87. The van der Waals surface area contributed by atoms with Gasteiger partial charge in [-0.1, -0.05) is 25.3 Å². The highest BCUT2D eigenvalue weighted by Gasteiger charge is 2.15. The summed E-state index contributed by atoms with van der Waals surface area (Å²) in [7, 11) is 0. The summed E-state index contributed by atoms with van der Waals surface area (Å²) in [6.07, 6.45) is 5.86. The fourth-order valence-electron chi connectivity index (χ4n) is 2.87. The Bertz CT molecular complexity index is 535. The number of carbonyl (C=O) groups excluding carboxylic acids is 2. The minimum absolute atomic E-state index is 0.116. The van der Waals surface area contributed by atoms with Crippen LogP contribution in [0.15, 0.2) is 18.2 Å². The third-order valence-electron chi connectivity index (χ3n) is 4.24. The van der Waals surface area contributed by atoms with Gasteiger partial charge in [-0.2, -0.15) is 0 Å². The third-order valence-corrected chi connectivity index (χ3v) is 4.24. The SMILES string of the molecule is Cc1c(NCC(=O)N2CCCCCCC2)cccc1C(N)=O. The van der Waals surface area contributed by atoms with E-state index in [0.717, 1.165) is 37.2 Å². The zero-order chi connectivity index (χ0) is 15.9. The van der Waals surface area contributed by atoms with Gasteiger partial charge in [-0.3, -0.25) is 9.59 Å². The molecular formula is C17H25N3O2. The van der Waals surface area contributed by atoms with Crippen LogP contribution in [-0.4, -0.2) is 36.3 Å². The van der Waals surface area contributed by atoms with E-state index in [2.05, 4.69) is 5.32 Å². The minimum Gasteiger partial charge on any atom is -0.376 e. The van der Waals surface area contributed by atoms with Crippen LogP contribution in [0, 0.1) is 6.92 Å². The molecule has 2 amide bonds. The second kappa shape index (κ2) is 7.82. The second-order valence-electron chi connectivity index (χ2n) is 5.84. The van der Waals surface area contributed by atoms with E-state index in [1.165, 1.54) is 19.3 Å². The molecular weight excluding hydrogens is 278 g/mol. The van der Waals surface area contributed by atoms with Gasteiger partial charge in [-0.25, -0.2) is 0 Å². The number of rotatable bonds is 4. The molecule has 0 saturated carbocycles. The van der Waals surface area contributed by atoms with Crippen molar-refractivity contribution in [3.63, 3.8) is 0 Å². The largest absolute Gasteiger partial charge is 0.376 e. The maximum absolute atomic E-state index is 12.3. The van der Waals surface area contributed by atoms with E-state index in [1.54, 1.807) is 12.1 Å². The molecule has 0 bridgehead atoms. The fraction of sp³-hybridized carbons (Fsp3) is 0.529. The number of hydrogen-bond donors (Lipinski definition) is 2. The van der Waals surface area contributed by atoms with E-state index in [-0.39, 0.29) is 12.5 Å². The predicted molar refractivity (Wildman–Crippen MR) is 87.9 cm³/mol. The Labute approximate surface area is 131 Å². The van der Waals surface area contributed by atoms with Gasteiger partial charge in [0, 0.05) is 24.3 Å². The molecule has 22 heavy (non-hydrogen) atoms. The molecule has 3 N–H and O–H groups in total. The number of carbonyl (C=O) groups is 2. The third kappa shape index (κ3) is 4.23. The average molecular weight is 303 g/mol. The first kappa shape index (κ1) is 16.3. The van der Waals surface area contributed by atoms with Gasteiger partial charge in [-0.05, 0) is 37.5 Å². The lowest BCUT2D eigenvalue weighted by molar-refractivity contribution is -0.129. The summed E-state index contributed by atoms with van der Waals surface area (Å²) in [5.74, 6) is -0.331. The lowest BCUT2D eigenvalue weighted by atomic mass is 10.1. The van der Waals surface area contributed by atoms with Crippen LogP contribution < -0.4 is 11.1 Å². The van der Waals surface area contributed by atoms with Crippen LogP contribution >= 0.6 is 0 Å². The highest BCUT2D eigenvalue weighted by atomic mass is 16.2. The van der Waals surface area contributed by atoms with Crippen molar-refractivity contribution in [1.29, 1.82) is 0 Å². The number of benzene rings is 1. The molecule has 1 aliphatic rings. The zero-order valence-corrected chi connectivity index (χ0v) is 13.2. The molecule has 1 heterocycles. The van der Waals surface area contributed by atoms with Crippen molar-refractivity contribution in [3.8, 4) is 0 Å². The highest BCUT2D eigenvalue weighted by molar-refractivity contribution is 5.96. The summed E-state index contributed by atoms with van der Waals surface area (Å²) in [6.45, 7) is 3.79. The Morgan fingerprint density at radius 3 is 2.41 bits per heavy atom. The van der Waals surface area contributed by atoms with Crippen LogP contribution in [0.5, 0.6) is 0 Å². The maximum atomic E-state index is 12.3. The van der Waals surface area contributed by atoms with Gasteiger partial charge < -0.3 is 16.0 Å². The van der Waals surface area contributed by atoms with Crippen LogP contribution in [0.2, 0.25) is 0 Å². The maximum Gasteiger partial charge on any atom is 0.249 e. The first-order chi connectivity index (χ1) is 10.6. The quantitative estimate of drug-likeness (QED) is 0.896. The van der Waals surface area contributed by atoms with Gasteiger partial charge in [-0.15, -0.1) is 0 Å². The number of hydrogen-bond acceptors (Lipinski definition) is 3. The first-order valence-electron chi connectivity index (χ1n) is 8.00. The van der Waals surface area contributed by atoms with Crippen molar-refractivity contribution < 1.29 is 9.59 Å². The first-order valence-corrected chi connectivity index (χ1v) is 8.00. The van der Waals surface area contributed by atoms with Crippen molar-refractivity contribution in [1.82, 2.24) is 4.90 Å². The van der Waals surface area contributed by atoms with Gasteiger partial charge in [0.05, 0.1) is 6.54 Å². The molecule has 0 spiro atoms. The second-order valence-corrected chi connectivity index (χ2v) is 5.84. The molecule has 0 atom stereocenters. The summed E-state index contributed by atoms with van der Waals surface area (Å²) < 4.78 is 0. The van der Waals surface area contributed by atoms with E-state index in [4.69, 9.17) is 5.73 Å². The Morgan fingerprint density at radius 2 is 1.77 bits per heavy atom. The van der Waals surface area contributed by atoms with Crippen LogP contribution in [0.4, 0.5) is 5.69 Å². The topological polar surface area (TPSA) is 75.4 Å². The molecule has 1 saturated heterocycles. The predicted octanol–water partition coefficient (Wildman–Crippen LogP) is 2.30. The van der Waals surface area contributed by atoms with Crippen molar-refractivity contribution in [2.45, 2.75) is 39.0 Å². The standard InChI is InChI=1S/C17H25N3O2/c1-13-14(17(18)22)8-7-9-15(13)19-12-16(21)20-10-5-3-2-4-6-11-20/h7-9,19H,2-6,10-12H2,1H3,(H2,18,22). The van der Waals surface area contributed by atoms with Crippen molar-refractivity contribution in [2.75, 3.05) is 25.0 Å². The number of anilines is 1. The Balaban J connectivity index is 1.95. The van der Waals surface area contributed by atoms with Gasteiger partial charge in [0.25, 0.3) is 0 Å². The van der Waals surface area contributed by atoms with Crippen molar-refractivity contribution in [2.24, 2.45) is 5.73 Å². The summed E-state index contributed by atoms with van der Waals surface area (Å²) in [5, 5.41) is 3.14. The van der Waals surface area contributed by atoms with E-state index >= 15 is 0 Å². The van der Waals surface area contributed by atoms with Crippen LogP contribution in [0.3, 0.4) is 0 Å². The summed E-state index contributed by atoms with van der Waals surface area (Å²) >= 11 is 0. The van der Waals surface area contributed by atoms with Crippen molar-refractivity contribution >= 4 is 17.5 Å². The van der Waals surface area contributed by atoms with E-state index in [0.29, 0.717) is 5.56 Å². The Morgan fingerprint density at radius 1 is 1.14 bits per heavy atom. The molecule has 1 aromatic carbocycles. The molecule has 1 aromatic rings. The molecule has 2 rings (SSSR count). The Hall–Kier alpha value is -2.04. The van der Waals surface area contributed by atoms with E-state index in [9.17, 15) is 9.59 Å². The monoisotopic (exact) mass is 303 g/mol. The molecule has 1 aliphatic heterocycles. The lowest BCUT2D eigenvalue weighted by Gasteiger charge is -2.25. The summed E-state index contributed by atoms with van der Waals surface area (Å²) in [4.78, 5) is 25.6. The van der Waals surface area contributed by atoms with Crippen LogP contribution in [0.25, 0.3) is 0 Å². The molecule has 0 aliphatic carbocycles. The minimum atomic E-state index is -0.448. The molecule has 1 fully saturated rings. The zero-order valence-electron chi connectivity index (χ0n) is 13.2. The molecule has 0 unspecified atom stereocenters. The van der Waals surface area contributed by atoms with Gasteiger partial charge >= 0.3 is 0 Å². The van der Waals surface area contributed by atoms with E-state index in [1.807, 2.05) is 17.9 Å². The molecule has 120 valence electrons. The van der Waals surface area contributed by atoms with Gasteiger partial charge in [0.2, 0.25) is 11.8 Å². The summed E-state index contributed by atoms with van der Waals surface area (Å²) in [5.41, 5.74) is 7.41. The van der Waals surface area contributed by atoms with Gasteiger partial charge in [0.1, 0.15) is 0 Å². The van der Waals surface area contributed by atoms with Crippen LogP contribution in [-0.2, 0) is 4.79 Å². The number of nitrogens with zero attached hydrogens (tertiary/aromatic N) is 1. The smallest absolute Gasteiger partial charge is 0.249 e. The van der Waals surface area contributed by atoms with E-state index < -0.39 is 5.91 Å². The number of nitrogens with two attached hydrogens (primary N) is 1.